The minimum Gasteiger partial charge on any atom is -0.495 e. The highest BCUT2D eigenvalue weighted by molar-refractivity contribution is 7.92. The van der Waals surface area contributed by atoms with Gasteiger partial charge in [0, 0.05) is 16.7 Å². The number of halogens is 2. The van der Waals surface area contributed by atoms with Crippen molar-refractivity contribution in [3.63, 3.8) is 0 Å². The predicted molar refractivity (Wildman–Crippen MR) is 186 cm³/mol. The molecule has 16 heteroatoms. The van der Waals surface area contributed by atoms with Gasteiger partial charge in [0.2, 0.25) is 20.0 Å². The summed E-state index contributed by atoms with van der Waals surface area (Å²) in [6.07, 6.45) is 2.06. The average Bonchev–Trinajstić information content (AvgIpc) is 3.09. The maximum absolute atomic E-state index is 14.3. The third kappa shape index (κ3) is 9.99. The summed E-state index contributed by atoms with van der Waals surface area (Å²) in [6.45, 7) is -0.704. The van der Waals surface area contributed by atoms with Gasteiger partial charge >= 0.3 is 5.97 Å². The van der Waals surface area contributed by atoms with Crippen molar-refractivity contribution in [3.05, 3.63) is 119 Å². The highest BCUT2D eigenvalue weighted by atomic mass is 32.2. The molecule has 4 aromatic rings. The molecule has 0 radical (unpaired) electrons. The van der Waals surface area contributed by atoms with Gasteiger partial charge in [-0.2, -0.15) is 0 Å². The Bertz CT molecular complexity index is 1910. The second-order valence-electron chi connectivity index (χ2n) is 10.6. The Morgan fingerprint density at radius 3 is 1.42 bits per heavy atom. The van der Waals surface area contributed by atoms with Crippen LogP contribution >= 0.6 is 0 Å². The molecule has 0 spiro atoms. The molecule has 268 valence electrons. The molecule has 0 saturated carbocycles. The van der Waals surface area contributed by atoms with Crippen LogP contribution in [0.1, 0.15) is 31.8 Å². The topological polar surface area (TPSA) is 163 Å². The summed E-state index contributed by atoms with van der Waals surface area (Å²) in [7, 11) is -3.36. The lowest BCUT2D eigenvalue weighted by atomic mass is 10.1. The lowest BCUT2D eigenvalue weighted by molar-refractivity contribution is 0.0600. The normalized spacial score (nSPS) is 11.1. The number of ketones is 1. The number of nitrogens with zero attached hydrogens (tertiary/aromatic N) is 2. The van der Waals surface area contributed by atoms with Crippen molar-refractivity contribution < 1.29 is 49.4 Å². The summed E-state index contributed by atoms with van der Waals surface area (Å²) in [6, 6.07) is 20.7. The molecule has 0 aliphatic heterocycles. The van der Waals surface area contributed by atoms with E-state index in [9.17, 15) is 35.2 Å². The van der Waals surface area contributed by atoms with Crippen molar-refractivity contribution in [1.82, 2.24) is 0 Å². The van der Waals surface area contributed by atoms with E-state index in [0.717, 1.165) is 33.3 Å². The first-order valence-corrected chi connectivity index (χ1v) is 18.3. The molecule has 0 aliphatic rings. The van der Waals surface area contributed by atoms with Gasteiger partial charge in [0.25, 0.3) is 0 Å². The molecule has 0 heterocycles. The number of esters is 1. The lowest BCUT2D eigenvalue weighted by Crippen LogP contribution is -2.30. The van der Waals surface area contributed by atoms with Gasteiger partial charge in [-0.25, -0.2) is 30.4 Å². The third-order valence-corrected chi connectivity index (χ3v) is 9.42. The number of sulfonamides is 2. The van der Waals surface area contributed by atoms with Crippen molar-refractivity contribution in [2.75, 3.05) is 49.0 Å². The number of carbonyl (C=O) groups is 2. The molecule has 0 amide bonds. The Morgan fingerprint density at radius 1 is 0.660 bits per heavy atom. The predicted octanol–water partition coefficient (Wildman–Crippen LogP) is 4.53. The van der Waals surface area contributed by atoms with Crippen molar-refractivity contribution >= 4 is 43.2 Å². The smallest absolute Gasteiger partial charge is 0.337 e. The van der Waals surface area contributed by atoms with Gasteiger partial charge in [-0.1, -0.05) is 42.5 Å². The second-order valence-corrected chi connectivity index (χ2v) is 14.4. The standard InChI is InChI=1S/C17H19FN2O4S.C17H18FNO5S/c1-24-17-6-4-3-5-15(17)20(25(2,22)23)11-13-8-7-12(9-14(13)18)16(21)10-19;1-23-16-7-5-4-6-15(16)19(25(3,21)22)11-13-9-8-12(10-14(13)18)17(20)24-2/h3-9H,10-11,19H2,1-2H3;4-10H,11H2,1-3H3. The number of anilines is 2. The molecule has 50 heavy (non-hydrogen) atoms. The molecule has 0 fully saturated rings. The van der Waals surface area contributed by atoms with Gasteiger partial charge in [-0.3, -0.25) is 13.4 Å². The zero-order chi connectivity index (χ0) is 37.2. The van der Waals surface area contributed by atoms with Crippen molar-refractivity contribution in [2.24, 2.45) is 5.73 Å². The number of ether oxygens (including phenoxy) is 3. The fraction of sp³-hybridized carbons (Fsp3) is 0.235. The molecule has 0 atom stereocenters. The van der Waals surface area contributed by atoms with Crippen LogP contribution in [0.15, 0.2) is 84.9 Å². The molecular weight excluding hydrogens is 697 g/mol. The van der Waals surface area contributed by atoms with Crippen LogP contribution < -0.4 is 23.8 Å². The van der Waals surface area contributed by atoms with Gasteiger partial charge in [0.1, 0.15) is 23.1 Å². The molecule has 0 saturated heterocycles. The minimum atomic E-state index is -3.70. The minimum absolute atomic E-state index is 0.0481. The first-order valence-electron chi connectivity index (χ1n) is 14.7. The Kier molecular flexibility index (Phi) is 13.4. The van der Waals surface area contributed by atoms with E-state index < -0.39 is 43.4 Å². The molecule has 12 nitrogen and oxygen atoms in total. The first-order chi connectivity index (χ1) is 23.5. The summed E-state index contributed by atoms with van der Waals surface area (Å²) in [4.78, 5) is 23.0. The maximum Gasteiger partial charge on any atom is 0.337 e. The van der Waals surface area contributed by atoms with Crippen LogP contribution in [-0.4, -0.2) is 69.0 Å². The quantitative estimate of drug-likeness (QED) is 0.153. The highest BCUT2D eigenvalue weighted by Crippen LogP contribution is 2.32. The first kappa shape index (κ1) is 39.4. The van der Waals surface area contributed by atoms with Crippen LogP contribution in [0.4, 0.5) is 20.2 Å². The number of Topliss-reactive ketones (excluding diaryl/α,β-unsaturated/α-hetero) is 1. The molecule has 0 bridgehead atoms. The number of para-hydroxylation sites is 4. The molecule has 0 unspecified atom stereocenters. The third-order valence-electron chi connectivity index (χ3n) is 7.17. The average molecular weight is 734 g/mol. The number of nitrogens with two attached hydrogens (primary N) is 1. The van der Waals surface area contributed by atoms with E-state index >= 15 is 0 Å². The van der Waals surface area contributed by atoms with Crippen LogP contribution in [0.5, 0.6) is 11.5 Å². The fourth-order valence-electron chi connectivity index (χ4n) is 4.63. The van der Waals surface area contributed by atoms with Crippen LogP contribution in [0, 0.1) is 11.6 Å². The zero-order valence-corrected chi connectivity index (χ0v) is 29.6. The number of benzene rings is 4. The van der Waals surface area contributed by atoms with E-state index in [1.807, 2.05) is 0 Å². The van der Waals surface area contributed by atoms with E-state index in [0.29, 0.717) is 22.9 Å². The van der Waals surface area contributed by atoms with Gasteiger partial charge in [-0.05, 0) is 42.5 Å². The number of hydrogen-bond donors (Lipinski definition) is 1. The van der Waals surface area contributed by atoms with E-state index in [1.165, 1.54) is 45.6 Å². The van der Waals surface area contributed by atoms with E-state index in [4.69, 9.17) is 15.2 Å². The Hall–Kier alpha value is -5.06. The SMILES string of the molecule is COC(=O)c1ccc(CN(c2ccccc2OC)S(C)(=O)=O)c(F)c1.COc1ccccc1N(Cc1ccc(C(=O)CN)cc1F)S(C)(=O)=O. The molecule has 2 N–H and O–H groups in total. The van der Waals surface area contributed by atoms with Crippen molar-refractivity contribution in [1.29, 1.82) is 0 Å². The monoisotopic (exact) mass is 733 g/mol. The van der Waals surface area contributed by atoms with Gasteiger partial charge in [-0.15, -0.1) is 0 Å². The molecule has 4 aromatic carbocycles. The molecular formula is C34H37F2N3O9S2. The fourth-order valence-corrected chi connectivity index (χ4v) is 6.39. The number of carbonyl (C=O) groups excluding carboxylic acids is 2. The van der Waals surface area contributed by atoms with Gasteiger partial charge in [0.15, 0.2) is 5.78 Å². The van der Waals surface area contributed by atoms with Gasteiger partial charge < -0.3 is 19.9 Å². The van der Waals surface area contributed by atoms with Crippen LogP contribution in [-0.2, 0) is 37.9 Å². The summed E-state index contributed by atoms with van der Waals surface area (Å²) in [5, 5.41) is 0. The summed E-state index contributed by atoms with van der Waals surface area (Å²) in [5.41, 5.74) is 6.30. The van der Waals surface area contributed by atoms with Crippen molar-refractivity contribution in [2.45, 2.75) is 13.1 Å². The summed E-state index contributed by atoms with van der Waals surface area (Å²) in [5.74, 6) is -1.75. The van der Waals surface area contributed by atoms with Crippen molar-refractivity contribution in [3.8, 4) is 11.5 Å². The largest absolute Gasteiger partial charge is 0.495 e. The highest BCUT2D eigenvalue weighted by Gasteiger charge is 2.24. The lowest BCUT2D eigenvalue weighted by Gasteiger charge is -2.24. The Morgan fingerprint density at radius 2 is 1.06 bits per heavy atom. The van der Waals surface area contributed by atoms with Crippen LogP contribution in [0.3, 0.4) is 0 Å². The molecule has 0 aromatic heterocycles. The number of hydrogen-bond acceptors (Lipinski definition) is 10. The van der Waals surface area contributed by atoms with E-state index in [-0.39, 0.29) is 41.9 Å². The maximum atomic E-state index is 14.3. The Balaban J connectivity index is 0.000000270. The van der Waals surface area contributed by atoms with Gasteiger partial charge in [0.05, 0.1) is 70.4 Å². The summed E-state index contributed by atoms with van der Waals surface area (Å²) < 4.78 is 94.6. The van der Waals surface area contributed by atoms with E-state index in [2.05, 4.69) is 4.74 Å². The van der Waals surface area contributed by atoms with Crippen LogP contribution in [0.2, 0.25) is 0 Å². The van der Waals surface area contributed by atoms with E-state index in [1.54, 1.807) is 48.5 Å². The zero-order valence-electron chi connectivity index (χ0n) is 27.9. The number of rotatable bonds is 13. The summed E-state index contributed by atoms with van der Waals surface area (Å²) >= 11 is 0. The Labute approximate surface area is 290 Å². The van der Waals surface area contributed by atoms with Crippen LogP contribution in [0.25, 0.3) is 0 Å². The molecule has 0 aliphatic carbocycles. The second kappa shape index (κ2) is 17.0. The molecule has 4 rings (SSSR count). The number of methoxy groups -OCH3 is 3.